The second-order valence-electron chi connectivity index (χ2n) is 7.14. The van der Waals surface area contributed by atoms with Gasteiger partial charge in [0.1, 0.15) is 10.3 Å². The Balaban J connectivity index is 1.37. The third kappa shape index (κ3) is 5.15. The maximum Gasteiger partial charge on any atom is 0.252 e. The first kappa shape index (κ1) is 23.1. The summed E-state index contributed by atoms with van der Waals surface area (Å²) in [5.41, 5.74) is 0.696. The predicted molar refractivity (Wildman–Crippen MR) is 125 cm³/mol. The van der Waals surface area contributed by atoms with Crippen molar-refractivity contribution in [1.29, 1.82) is 5.26 Å². The van der Waals surface area contributed by atoms with E-state index in [4.69, 9.17) is 11.6 Å². The molecule has 0 atom stereocenters. The van der Waals surface area contributed by atoms with Crippen molar-refractivity contribution in [3.63, 3.8) is 0 Å². The molecule has 1 fully saturated rings. The SMILES string of the molecule is N#Cc1nccnc1N1CCN(S(=O)(=O)c2ccc(CNC(=O)c3ccc(Cl)cc3)s2)CC1. The molecule has 2 aromatic heterocycles. The van der Waals surface area contributed by atoms with Gasteiger partial charge in [0.05, 0.1) is 6.54 Å². The van der Waals surface area contributed by atoms with Crippen LogP contribution in [0.2, 0.25) is 5.02 Å². The number of sulfonamides is 1. The van der Waals surface area contributed by atoms with Crippen LogP contribution in [0.5, 0.6) is 0 Å². The zero-order chi connectivity index (χ0) is 23.4. The maximum absolute atomic E-state index is 13.1. The molecule has 170 valence electrons. The molecule has 12 heteroatoms. The lowest BCUT2D eigenvalue weighted by Gasteiger charge is -2.34. The van der Waals surface area contributed by atoms with E-state index < -0.39 is 10.0 Å². The monoisotopic (exact) mass is 502 g/mol. The Morgan fingerprint density at radius 2 is 1.79 bits per heavy atom. The highest BCUT2D eigenvalue weighted by Gasteiger charge is 2.31. The number of hydrogen-bond acceptors (Lipinski definition) is 8. The first-order chi connectivity index (χ1) is 15.9. The van der Waals surface area contributed by atoms with Crippen LogP contribution >= 0.6 is 22.9 Å². The number of carbonyl (C=O) groups excluding carboxylic acids is 1. The number of aromatic nitrogens is 2. The Kier molecular flexibility index (Phi) is 6.90. The summed E-state index contributed by atoms with van der Waals surface area (Å²) in [7, 11) is -3.66. The van der Waals surface area contributed by atoms with Gasteiger partial charge in [0, 0.05) is 54.0 Å². The van der Waals surface area contributed by atoms with E-state index in [9.17, 15) is 18.5 Å². The van der Waals surface area contributed by atoms with Crippen molar-refractivity contribution in [2.24, 2.45) is 0 Å². The van der Waals surface area contributed by atoms with Crippen LogP contribution < -0.4 is 10.2 Å². The number of halogens is 1. The molecule has 33 heavy (non-hydrogen) atoms. The topological polar surface area (TPSA) is 119 Å². The van der Waals surface area contributed by atoms with Crippen LogP contribution in [0, 0.1) is 11.3 Å². The van der Waals surface area contributed by atoms with Crippen molar-refractivity contribution >= 4 is 44.7 Å². The van der Waals surface area contributed by atoms with Crippen LogP contribution in [-0.2, 0) is 16.6 Å². The minimum Gasteiger partial charge on any atom is -0.352 e. The van der Waals surface area contributed by atoms with Crippen LogP contribution in [0.1, 0.15) is 20.9 Å². The summed E-state index contributed by atoms with van der Waals surface area (Å²) in [6.45, 7) is 1.57. The van der Waals surface area contributed by atoms with E-state index >= 15 is 0 Å². The molecule has 0 radical (unpaired) electrons. The van der Waals surface area contributed by atoms with E-state index in [0.29, 0.717) is 29.5 Å². The smallest absolute Gasteiger partial charge is 0.252 e. The molecule has 1 aliphatic heterocycles. The second-order valence-corrected chi connectivity index (χ2v) is 10.9. The summed E-state index contributed by atoms with van der Waals surface area (Å²) in [6, 6.07) is 11.8. The first-order valence-corrected chi connectivity index (χ1v) is 12.6. The average molecular weight is 503 g/mol. The molecular weight excluding hydrogens is 484 g/mol. The third-order valence-corrected chi connectivity index (χ3v) is 8.79. The summed E-state index contributed by atoms with van der Waals surface area (Å²) in [5, 5.41) is 12.6. The van der Waals surface area contributed by atoms with Crippen LogP contribution in [0.25, 0.3) is 0 Å². The lowest BCUT2D eigenvalue weighted by Crippen LogP contribution is -2.49. The maximum atomic E-state index is 13.1. The van der Waals surface area contributed by atoms with Crippen molar-refractivity contribution in [3.05, 3.63) is 69.9 Å². The van der Waals surface area contributed by atoms with E-state index in [2.05, 4.69) is 15.3 Å². The molecule has 0 saturated carbocycles. The number of nitrogens with zero attached hydrogens (tertiary/aromatic N) is 5. The summed E-state index contributed by atoms with van der Waals surface area (Å²) in [4.78, 5) is 23.1. The molecule has 1 aliphatic rings. The lowest BCUT2D eigenvalue weighted by molar-refractivity contribution is 0.0951. The van der Waals surface area contributed by atoms with Gasteiger partial charge in [0.15, 0.2) is 11.5 Å². The summed E-state index contributed by atoms with van der Waals surface area (Å²) >= 11 is 6.97. The van der Waals surface area contributed by atoms with Gasteiger partial charge in [-0.1, -0.05) is 11.6 Å². The molecule has 0 aliphatic carbocycles. The highest BCUT2D eigenvalue weighted by Crippen LogP contribution is 2.27. The minimum atomic E-state index is -3.66. The molecule has 1 amide bonds. The number of nitriles is 1. The van der Waals surface area contributed by atoms with E-state index in [1.165, 1.54) is 16.7 Å². The largest absolute Gasteiger partial charge is 0.352 e. The molecule has 3 aromatic rings. The highest BCUT2D eigenvalue weighted by atomic mass is 35.5. The van der Waals surface area contributed by atoms with Crippen molar-refractivity contribution in [2.45, 2.75) is 10.8 Å². The molecule has 9 nitrogen and oxygen atoms in total. The third-order valence-electron chi connectivity index (χ3n) is 5.08. The molecule has 1 saturated heterocycles. The Hall–Kier alpha value is -3.04. The van der Waals surface area contributed by atoms with Gasteiger partial charge in [-0.3, -0.25) is 4.79 Å². The molecule has 1 aromatic carbocycles. The molecule has 0 bridgehead atoms. The van der Waals surface area contributed by atoms with Gasteiger partial charge in [-0.25, -0.2) is 18.4 Å². The lowest BCUT2D eigenvalue weighted by atomic mass is 10.2. The minimum absolute atomic E-state index is 0.220. The van der Waals surface area contributed by atoms with Gasteiger partial charge < -0.3 is 10.2 Å². The van der Waals surface area contributed by atoms with Gasteiger partial charge in [0.2, 0.25) is 0 Å². The molecule has 3 heterocycles. The number of hydrogen-bond donors (Lipinski definition) is 1. The number of piperazine rings is 1. The number of anilines is 1. The zero-order valence-electron chi connectivity index (χ0n) is 17.3. The Bertz CT molecular complexity index is 1300. The number of rotatable bonds is 6. The van der Waals surface area contributed by atoms with E-state index in [0.717, 1.165) is 16.2 Å². The fraction of sp³-hybridized carbons (Fsp3) is 0.238. The molecule has 4 rings (SSSR count). The molecular formula is C21H19ClN6O3S2. The standard InChI is InChI=1S/C21H19ClN6O3S2/c22-16-3-1-15(2-4-16)21(29)26-14-17-5-6-19(32-17)33(30,31)28-11-9-27(10-12-28)20-18(13-23)24-7-8-25-20/h1-8H,9-12,14H2,(H,26,29). The Labute approximate surface area is 200 Å². The summed E-state index contributed by atoms with van der Waals surface area (Å²) in [6.07, 6.45) is 2.97. The normalized spacial score (nSPS) is 14.6. The van der Waals surface area contributed by atoms with Gasteiger partial charge in [0.25, 0.3) is 15.9 Å². The predicted octanol–water partition coefficient (Wildman–Crippen LogP) is 2.50. The van der Waals surface area contributed by atoms with Crippen molar-refractivity contribution in [1.82, 2.24) is 19.6 Å². The zero-order valence-corrected chi connectivity index (χ0v) is 19.7. The quantitative estimate of drug-likeness (QED) is 0.550. The van der Waals surface area contributed by atoms with Crippen LogP contribution in [0.4, 0.5) is 5.82 Å². The summed E-state index contributed by atoms with van der Waals surface area (Å²) in [5.74, 6) is 0.202. The highest BCUT2D eigenvalue weighted by molar-refractivity contribution is 7.91. The van der Waals surface area contributed by atoms with Crippen molar-refractivity contribution in [2.75, 3.05) is 31.1 Å². The van der Waals surface area contributed by atoms with Crippen LogP contribution in [0.15, 0.2) is 53.0 Å². The number of benzene rings is 1. The van der Waals surface area contributed by atoms with E-state index in [1.54, 1.807) is 36.4 Å². The number of amides is 1. The van der Waals surface area contributed by atoms with Gasteiger partial charge in [-0.05, 0) is 36.4 Å². The van der Waals surface area contributed by atoms with Crippen LogP contribution in [0.3, 0.4) is 0 Å². The summed E-state index contributed by atoms with van der Waals surface area (Å²) < 4.78 is 27.8. The fourth-order valence-electron chi connectivity index (χ4n) is 3.37. The first-order valence-electron chi connectivity index (χ1n) is 9.97. The van der Waals surface area contributed by atoms with Gasteiger partial charge in [-0.2, -0.15) is 9.57 Å². The van der Waals surface area contributed by atoms with Crippen LogP contribution in [-0.4, -0.2) is 54.8 Å². The fourth-order valence-corrected chi connectivity index (χ4v) is 6.37. The molecule has 1 N–H and O–H groups in total. The van der Waals surface area contributed by atoms with Crippen molar-refractivity contribution < 1.29 is 13.2 Å². The van der Waals surface area contributed by atoms with E-state index in [-0.39, 0.29) is 35.4 Å². The van der Waals surface area contributed by atoms with Crippen molar-refractivity contribution in [3.8, 4) is 6.07 Å². The molecule has 0 unspecified atom stereocenters. The second kappa shape index (κ2) is 9.84. The number of carbonyl (C=O) groups is 1. The van der Waals surface area contributed by atoms with Gasteiger partial charge in [-0.15, -0.1) is 11.3 Å². The molecule has 0 spiro atoms. The van der Waals surface area contributed by atoms with E-state index in [1.807, 2.05) is 11.0 Å². The van der Waals surface area contributed by atoms with Gasteiger partial charge >= 0.3 is 0 Å². The number of nitrogens with one attached hydrogen (secondary N) is 1. The average Bonchev–Trinajstić information content (AvgIpc) is 3.33. The number of thiophene rings is 1. The Morgan fingerprint density at radius 1 is 1.09 bits per heavy atom. The Morgan fingerprint density at radius 3 is 2.48 bits per heavy atom.